The molecule has 3 heterocycles. The highest BCUT2D eigenvalue weighted by atomic mass is 19.1. The van der Waals surface area contributed by atoms with Crippen LogP contribution in [0.2, 0.25) is 0 Å². The molecule has 2 aromatic rings. The third kappa shape index (κ3) is 4.65. The van der Waals surface area contributed by atoms with Crippen LogP contribution >= 0.6 is 0 Å². The molecule has 7 nitrogen and oxygen atoms in total. The summed E-state index contributed by atoms with van der Waals surface area (Å²) >= 11 is 0. The van der Waals surface area contributed by atoms with Gasteiger partial charge in [0.15, 0.2) is 5.96 Å². The fourth-order valence-corrected chi connectivity index (χ4v) is 4.06. The minimum atomic E-state index is -0.279. The number of aliphatic imine (C=N–C) groups is 1. The molecule has 2 atom stereocenters. The summed E-state index contributed by atoms with van der Waals surface area (Å²) < 4.78 is 28.2. The molecule has 4 rings (SSSR count). The number of halogens is 1. The van der Waals surface area contributed by atoms with Gasteiger partial charge in [-0.15, -0.1) is 0 Å². The van der Waals surface area contributed by atoms with E-state index in [1.807, 2.05) is 13.0 Å². The Morgan fingerprint density at radius 3 is 2.87 bits per heavy atom. The normalized spacial score (nSPS) is 22.5. The number of nitrogens with one attached hydrogen (secondary N) is 1. The van der Waals surface area contributed by atoms with E-state index in [-0.39, 0.29) is 18.0 Å². The molecule has 0 bridgehead atoms. The van der Waals surface area contributed by atoms with Gasteiger partial charge < -0.3 is 24.3 Å². The number of hydrogen-bond acceptors (Lipinski definition) is 4. The summed E-state index contributed by atoms with van der Waals surface area (Å²) in [4.78, 5) is 11.2. The van der Waals surface area contributed by atoms with Crippen LogP contribution < -0.4 is 5.32 Å². The molecule has 1 aromatic heterocycles. The van der Waals surface area contributed by atoms with Crippen LogP contribution in [0.1, 0.15) is 31.2 Å². The van der Waals surface area contributed by atoms with Gasteiger partial charge in [-0.25, -0.2) is 14.4 Å². The summed E-state index contributed by atoms with van der Waals surface area (Å²) in [5.41, 5.74) is 1.32. The Kier molecular flexibility index (Phi) is 6.64. The lowest BCUT2D eigenvalue weighted by atomic mass is 10.1. The van der Waals surface area contributed by atoms with Crippen molar-refractivity contribution in [3.05, 3.63) is 47.8 Å². The molecule has 2 unspecified atom stereocenters. The SMILES string of the molecule is CCNC(=NCc1ccc(-n2ccnc2C)c(F)c1)N1CCOC(C2CCCO2)C1. The van der Waals surface area contributed by atoms with E-state index in [1.54, 1.807) is 29.1 Å². The number of aryl methyl sites for hydroxylation is 1. The third-order valence-electron chi connectivity index (χ3n) is 5.62. The lowest BCUT2D eigenvalue weighted by Gasteiger charge is -2.37. The quantitative estimate of drug-likeness (QED) is 0.601. The predicted molar refractivity (Wildman–Crippen MR) is 113 cm³/mol. The molecule has 8 heteroatoms. The summed E-state index contributed by atoms with van der Waals surface area (Å²) in [6.07, 6.45) is 5.82. The molecule has 30 heavy (non-hydrogen) atoms. The van der Waals surface area contributed by atoms with Crippen LogP contribution in [-0.4, -0.2) is 65.5 Å². The van der Waals surface area contributed by atoms with Crippen molar-refractivity contribution in [3.63, 3.8) is 0 Å². The van der Waals surface area contributed by atoms with Crippen LogP contribution in [0, 0.1) is 12.7 Å². The Morgan fingerprint density at radius 1 is 1.30 bits per heavy atom. The lowest BCUT2D eigenvalue weighted by Crippen LogP contribution is -2.53. The first-order valence-electron chi connectivity index (χ1n) is 10.7. The second kappa shape index (κ2) is 9.57. The zero-order chi connectivity index (χ0) is 20.9. The second-order valence-electron chi connectivity index (χ2n) is 7.71. The maximum absolute atomic E-state index is 14.7. The van der Waals surface area contributed by atoms with Crippen molar-refractivity contribution in [1.29, 1.82) is 0 Å². The maximum Gasteiger partial charge on any atom is 0.194 e. The molecule has 0 saturated carbocycles. The van der Waals surface area contributed by atoms with Crippen molar-refractivity contribution in [3.8, 4) is 5.69 Å². The zero-order valence-corrected chi connectivity index (χ0v) is 17.7. The van der Waals surface area contributed by atoms with Gasteiger partial charge in [0.2, 0.25) is 0 Å². The fraction of sp³-hybridized carbons (Fsp3) is 0.545. The van der Waals surface area contributed by atoms with Crippen molar-refractivity contribution in [1.82, 2.24) is 19.8 Å². The van der Waals surface area contributed by atoms with Gasteiger partial charge in [0.05, 0.1) is 24.9 Å². The number of imidazole rings is 1. The number of aromatic nitrogens is 2. The minimum absolute atomic E-state index is 0.0697. The largest absolute Gasteiger partial charge is 0.375 e. The molecule has 2 saturated heterocycles. The first-order chi connectivity index (χ1) is 14.7. The highest BCUT2D eigenvalue weighted by molar-refractivity contribution is 5.80. The summed E-state index contributed by atoms with van der Waals surface area (Å²) in [7, 11) is 0. The smallest absolute Gasteiger partial charge is 0.194 e. The van der Waals surface area contributed by atoms with Crippen LogP contribution in [0.5, 0.6) is 0 Å². The molecule has 2 aliphatic heterocycles. The van der Waals surface area contributed by atoms with Crippen molar-refractivity contribution in [2.24, 2.45) is 4.99 Å². The highest BCUT2D eigenvalue weighted by Gasteiger charge is 2.32. The van der Waals surface area contributed by atoms with E-state index >= 15 is 0 Å². The number of hydrogen-bond donors (Lipinski definition) is 1. The number of morpholine rings is 1. The molecule has 2 fully saturated rings. The van der Waals surface area contributed by atoms with E-state index in [0.29, 0.717) is 18.8 Å². The van der Waals surface area contributed by atoms with Gasteiger partial charge in [0.1, 0.15) is 17.7 Å². The Morgan fingerprint density at radius 2 is 2.17 bits per heavy atom. The predicted octanol–water partition coefficient (Wildman–Crippen LogP) is 2.67. The minimum Gasteiger partial charge on any atom is -0.375 e. The van der Waals surface area contributed by atoms with Crippen molar-refractivity contribution < 1.29 is 13.9 Å². The first kappa shape index (κ1) is 20.8. The standard InChI is InChI=1S/C22H30FN5O2/c1-3-24-22(27-10-12-30-21(15-27)20-5-4-11-29-20)26-14-17-6-7-19(18(23)13-17)28-9-8-25-16(28)2/h6-9,13,20-21H,3-5,10-12,14-15H2,1-2H3,(H,24,26). The molecule has 162 valence electrons. The van der Waals surface area contributed by atoms with Crippen LogP contribution in [0.3, 0.4) is 0 Å². The molecular formula is C22H30FN5O2. The van der Waals surface area contributed by atoms with Gasteiger partial charge in [0.25, 0.3) is 0 Å². The number of ether oxygens (including phenoxy) is 2. The lowest BCUT2D eigenvalue weighted by molar-refractivity contribution is -0.0817. The Labute approximate surface area is 176 Å². The molecule has 0 amide bonds. The van der Waals surface area contributed by atoms with E-state index < -0.39 is 0 Å². The second-order valence-corrected chi connectivity index (χ2v) is 7.71. The van der Waals surface area contributed by atoms with Gasteiger partial charge in [0, 0.05) is 38.6 Å². The molecule has 0 radical (unpaired) electrons. The monoisotopic (exact) mass is 415 g/mol. The van der Waals surface area contributed by atoms with E-state index in [2.05, 4.69) is 22.1 Å². The maximum atomic E-state index is 14.7. The van der Waals surface area contributed by atoms with Crippen molar-refractivity contribution in [2.75, 3.05) is 32.8 Å². The summed E-state index contributed by atoms with van der Waals surface area (Å²) in [5, 5.41) is 3.36. The summed E-state index contributed by atoms with van der Waals surface area (Å²) in [5.74, 6) is 1.31. The molecule has 0 spiro atoms. The first-order valence-corrected chi connectivity index (χ1v) is 10.7. The molecule has 2 aliphatic rings. The Hall–Kier alpha value is -2.45. The summed E-state index contributed by atoms with van der Waals surface area (Å²) in [6, 6.07) is 5.25. The van der Waals surface area contributed by atoms with Gasteiger partial charge >= 0.3 is 0 Å². The van der Waals surface area contributed by atoms with Crippen LogP contribution in [0.15, 0.2) is 35.6 Å². The molecule has 1 N–H and O–H groups in total. The summed E-state index contributed by atoms with van der Waals surface area (Å²) in [6.45, 7) is 8.09. The van der Waals surface area contributed by atoms with Gasteiger partial charge in [-0.3, -0.25) is 0 Å². The van der Waals surface area contributed by atoms with E-state index in [4.69, 9.17) is 14.5 Å². The van der Waals surface area contributed by atoms with E-state index in [0.717, 1.165) is 56.4 Å². The van der Waals surface area contributed by atoms with Crippen LogP contribution in [0.25, 0.3) is 5.69 Å². The number of nitrogens with zero attached hydrogens (tertiary/aromatic N) is 4. The average Bonchev–Trinajstić information content (AvgIpc) is 3.43. The average molecular weight is 416 g/mol. The molecule has 0 aliphatic carbocycles. The van der Waals surface area contributed by atoms with E-state index in [1.165, 1.54) is 0 Å². The van der Waals surface area contributed by atoms with Gasteiger partial charge in [-0.1, -0.05) is 6.07 Å². The van der Waals surface area contributed by atoms with Crippen LogP contribution in [0.4, 0.5) is 4.39 Å². The Bertz CT molecular complexity index is 878. The third-order valence-corrected chi connectivity index (χ3v) is 5.62. The van der Waals surface area contributed by atoms with E-state index in [9.17, 15) is 4.39 Å². The van der Waals surface area contributed by atoms with Gasteiger partial charge in [-0.2, -0.15) is 0 Å². The number of rotatable bonds is 5. The Balaban J connectivity index is 1.46. The number of guanidine groups is 1. The van der Waals surface area contributed by atoms with Crippen molar-refractivity contribution >= 4 is 5.96 Å². The highest BCUT2D eigenvalue weighted by Crippen LogP contribution is 2.21. The zero-order valence-electron chi connectivity index (χ0n) is 17.7. The van der Waals surface area contributed by atoms with Crippen LogP contribution in [-0.2, 0) is 16.0 Å². The van der Waals surface area contributed by atoms with Gasteiger partial charge in [-0.05, 0) is 44.4 Å². The van der Waals surface area contributed by atoms with Crippen molar-refractivity contribution in [2.45, 2.75) is 45.4 Å². The molecular weight excluding hydrogens is 385 g/mol. The topological polar surface area (TPSA) is 63.9 Å². The molecule has 1 aromatic carbocycles. The number of benzene rings is 1. The fourth-order valence-electron chi connectivity index (χ4n) is 4.06.